The maximum atomic E-state index is 13.3. The zero-order valence-electron chi connectivity index (χ0n) is 10.2. The third-order valence-electron chi connectivity index (χ3n) is 2.68. The van der Waals surface area contributed by atoms with Gasteiger partial charge < -0.3 is 5.11 Å². The van der Waals surface area contributed by atoms with Gasteiger partial charge in [0.15, 0.2) is 0 Å². The number of hydrogen-bond donors (Lipinski definition) is 1. The largest absolute Gasteiger partial charge is 0.478 e. The molecule has 0 aromatic heterocycles. The first kappa shape index (κ1) is 14.9. The van der Waals surface area contributed by atoms with Crippen molar-refractivity contribution in [3.8, 4) is 0 Å². The molecule has 0 fully saturated rings. The fourth-order valence-corrected chi connectivity index (χ4v) is 3.43. The van der Waals surface area contributed by atoms with Crippen LogP contribution >= 0.6 is 15.9 Å². The predicted molar refractivity (Wildman–Crippen MR) is 77.6 cm³/mol. The summed E-state index contributed by atoms with van der Waals surface area (Å²) in [5, 5.41) is 8.86. The smallest absolute Gasteiger partial charge is 0.338 e. The quantitative estimate of drug-likeness (QED) is 0.910. The summed E-state index contributed by atoms with van der Waals surface area (Å²) < 4.78 is 26.3. The van der Waals surface area contributed by atoms with E-state index in [1.165, 1.54) is 6.07 Å². The van der Waals surface area contributed by atoms with Crippen LogP contribution in [-0.4, -0.2) is 15.3 Å². The van der Waals surface area contributed by atoms with Gasteiger partial charge in [0.05, 0.1) is 22.1 Å². The fourth-order valence-electron chi connectivity index (χ4n) is 1.65. The zero-order valence-corrected chi connectivity index (χ0v) is 12.6. The van der Waals surface area contributed by atoms with E-state index < -0.39 is 28.1 Å². The van der Waals surface area contributed by atoms with Gasteiger partial charge >= 0.3 is 5.97 Å². The maximum absolute atomic E-state index is 13.3. The molecule has 6 heteroatoms. The van der Waals surface area contributed by atoms with E-state index in [1.54, 1.807) is 0 Å². The van der Waals surface area contributed by atoms with Gasteiger partial charge in [-0.1, -0.05) is 34.1 Å². The summed E-state index contributed by atoms with van der Waals surface area (Å²) in [7, 11) is -1.44. The van der Waals surface area contributed by atoms with Gasteiger partial charge in [0.25, 0.3) is 0 Å². The Morgan fingerprint density at radius 3 is 2.60 bits per heavy atom. The van der Waals surface area contributed by atoms with Gasteiger partial charge in [-0.05, 0) is 29.8 Å². The molecule has 0 radical (unpaired) electrons. The summed E-state index contributed by atoms with van der Waals surface area (Å²) in [6.07, 6.45) is 0. The highest BCUT2D eigenvalue weighted by molar-refractivity contribution is 9.10. The lowest BCUT2D eigenvalue weighted by atomic mass is 10.2. The van der Waals surface area contributed by atoms with Crippen LogP contribution < -0.4 is 0 Å². The Kier molecular flexibility index (Phi) is 4.67. The standard InChI is InChI=1S/C14H10BrFO3S/c15-12-4-2-1-3-9(12)8-20(19)10-5-6-13(16)11(7-10)14(17)18/h1-7H,8H2,(H,17,18). The minimum atomic E-state index is -1.44. The molecule has 0 bridgehead atoms. The second-order valence-electron chi connectivity index (χ2n) is 4.03. The molecule has 3 nitrogen and oxygen atoms in total. The number of carbonyl (C=O) groups is 1. The second-order valence-corrected chi connectivity index (χ2v) is 6.33. The van der Waals surface area contributed by atoms with Crippen LogP contribution in [0.4, 0.5) is 4.39 Å². The predicted octanol–water partition coefficient (Wildman–Crippen LogP) is 3.59. The molecular formula is C14H10BrFO3S. The molecular weight excluding hydrogens is 347 g/mol. The van der Waals surface area contributed by atoms with Crippen LogP contribution in [0.15, 0.2) is 51.8 Å². The lowest BCUT2D eigenvalue weighted by Crippen LogP contribution is -2.04. The summed E-state index contributed by atoms with van der Waals surface area (Å²) in [6, 6.07) is 10.8. The molecule has 0 heterocycles. The maximum Gasteiger partial charge on any atom is 0.338 e. The summed E-state index contributed by atoms with van der Waals surface area (Å²) >= 11 is 3.36. The van der Waals surface area contributed by atoms with Crippen LogP contribution in [0, 0.1) is 5.82 Å². The van der Waals surface area contributed by atoms with Crippen LogP contribution in [0.25, 0.3) is 0 Å². The van der Waals surface area contributed by atoms with Crippen LogP contribution in [0.2, 0.25) is 0 Å². The number of carboxylic acids is 1. The molecule has 0 spiro atoms. The normalized spacial score (nSPS) is 12.1. The Labute approximate surface area is 126 Å². The molecule has 0 aliphatic carbocycles. The Hall–Kier alpha value is -1.53. The van der Waals surface area contributed by atoms with E-state index >= 15 is 0 Å². The van der Waals surface area contributed by atoms with Crippen molar-refractivity contribution in [2.75, 3.05) is 0 Å². The number of hydrogen-bond acceptors (Lipinski definition) is 2. The van der Waals surface area contributed by atoms with Crippen molar-refractivity contribution in [2.45, 2.75) is 10.6 Å². The van der Waals surface area contributed by atoms with Gasteiger partial charge in [0.2, 0.25) is 0 Å². The van der Waals surface area contributed by atoms with Gasteiger partial charge in [0, 0.05) is 9.37 Å². The third-order valence-corrected chi connectivity index (χ3v) is 4.80. The molecule has 0 aliphatic rings. The van der Waals surface area contributed by atoms with Crippen LogP contribution in [-0.2, 0) is 16.6 Å². The van der Waals surface area contributed by atoms with Gasteiger partial charge in [-0.15, -0.1) is 0 Å². The lowest BCUT2D eigenvalue weighted by Gasteiger charge is -2.06. The molecule has 1 unspecified atom stereocenters. The van der Waals surface area contributed by atoms with Crippen LogP contribution in [0.5, 0.6) is 0 Å². The van der Waals surface area contributed by atoms with E-state index in [0.717, 1.165) is 22.2 Å². The Morgan fingerprint density at radius 2 is 1.95 bits per heavy atom. The summed E-state index contributed by atoms with van der Waals surface area (Å²) in [5.41, 5.74) is 0.370. The van der Waals surface area contributed by atoms with Gasteiger partial charge in [0.1, 0.15) is 5.82 Å². The van der Waals surface area contributed by atoms with Gasteiger partial charge in [-0.3, -0.25) is 4.21 Å². The molecule has 1 atom stereocenters. The van der Waals surface area contributed by atoms with E-state index in [1.807, 2.05) is 24.3 Å². The monoisotopic (exact) mass is 356 g/mol. The minimum absolute atomic E-state index is 0.228. The van der Waals surface area contributed by atoms with Gasteiger partial charge in [-0.25, -0.2) is 9.18 Å². The second kappa shape index (κ2) is 6.28. The summed E-state index contributed by atoms with van der Waals surface area (Å²) in [4.78, 5) is 11.2. The van der Waals surface area contributed by atoms with E-state index in [9.17, 15) is 13.4 Å². The molecule has 0 saturated carbocycles. The molecule has 2 aromatic carbocycles. The highest BCUT2D eigenvalue weighted by Gasteiger charge is 2.14. The minimum Gasteiger partial charge on any atom is -0.478 e. The number of benzene rings is 2. The molecule has 0 amide bonds. The first-order valence-electron chi connectivity index (χ1n) is 5.63. The highest BCUT2D eigenvalue weighted by atomic mass is 79.9. The molecule has 20 heavy (non-hydrogen) atoms. The number of carboxylic acid groups (broad SMARTS) is 1. The van der Waals surface area contributed by atoms with E-state index in [4.69, 9.17) is 5.11 Å². The first-order chi connectivity index (χ1) is 9.49. The summed E-state index contributed by atoms with van der Waals surface area (Å²) in [5.74, 6) is -1.98. The number of aromatic carboxylic acids is 1. The topological polar surface area (TPSA) is 54.4 Å². The lowest BCUT2D eigenvalue weighted by molar-refractivity contribution is 0.0691. The van der Waals surface area contributed by atoms with E-state index in [-0.39, 0.29) is 5.75 Å². The fraction of sp³-hybridized carbons (Fsp3) is 0.0714. The van der Waals surface area contributed by atoms with Crippen molar-refractivity contribution in [2.24, 2.45) is 0 Å². The van der Waals surface area contributed by atoms with E-state index in [0.29, 0.717) is 4.90 Å². The van der Waals surface area contributed by atoms with Crippen LogP contribution in [0.3, 0.4) is 0 Å². The van der Waals surface area contributed by atoms with Crippen molar-refractivity contribution in [3.05, 3.63) is 63.9 Å². The molecule has 0 aliphatic heterocycles. The van der Waals surface area contributed by atoms with Crippen molar-refractivity contribution in [3.63, 3.8) is 0 Å². The highest BCUT2D eigenvalue weighted by Crippen LogP contribution is 2.21. The summed E-state index contributed by atoms with van der Waals surface area (Å²) in [6.45, 7) is 0. The van der Waals surface area contributed by atoms with Gasteiger partial charge in [-0.2, -0.15) is 0 Å². The zero-order chi connectivity index (χ0) is 14.7. The van der Waals surface area contributed by atoms with Crippen molar-refractivity contribution in [1.82, 2.24) is 0 Å². The Bertz CT molecular complexity index is 688. The molecule has 2 rings (SSSR count). The molecule has 1 N–H and O–H groups in total. The third kappa shape index (κ3) is 3.32. The average molecular weight is 357 g/mol. The molecule has 104 valence electrons. The van der Waals surface area contributed by atoms with E-state index in [2.05, 4.69) is 15.9 Å². The van der Waals surface area contributed by atoms with Crippen molar-refractivity contribution in [1.29, 1.82) is 0 Å². The Balaban J connectivity index is 2.28. The Morgan fingerprint density at radius 1 is 1.25 bits per heavy atom. The average Bonchev–Trinajstić information content (AvgIpc) is 2.41. The first-order valence-corrected chi connectivity index (χ1v) is 7.75. The SMILES string of the molecule is O=C(O)c1cc(S(=O)Cc2ccccc2Br)ccc1F. The molecule has 0 saturated heterocycles. The number of halogens is 2. The number of rotatable bonds is 4. The molecule has 2 aromatic rings. The van der Waals surface area contributed by atoms with Crippen molar-refractivity contribution < 1.29 is 18.5 Å². The van der Waals surface area contributed by atoms with Crippen molar-refractivity contribution >= 4 is 32.7 Å². The van der Waals surface area contributed by atoms with Crippen LogP contribution in [0.1, 0.15) is 15.9 Å².